The van der Waals surface area contributed by atoms with E-state index in [0.717, 1.165) is 45.0 Å². The Morgan fingerprint density at radius 3 is 1.59 bits per heavy atom. The van der Waals surface area contributed by atoms with E-state index in [1.807, 2.05) is 127 Å². The van der Waals surface area contributed by atoms with Crippen LogP contribution in [-0.2, 0) is 0 Å². The molecule has 0 aliphatic rings. The van der Waals surface area contributed by atoms with Crippen molar-refractivity contribution < 1.29 is 9.47 Å². The third-order valence-electron chi connectivity index (χ3n) is 5.91. The van der Waals surface area contributed by atoms with Gasteiger partial charge in [0.05, 0.1) is 22.4 Å². The van der Waals surface area contributed by atoms with Crippen molar-refractivity contribution in [2.45, 2.75) is 0 Å². The van der Waals surface area contributed by atoms with Crippen LogP contribution in [0.25, 0.3) is 33.5 Å². The van der Waals surface area contributed by atoms with Gasteiger partial charge in [0.25, 0.3) is 0 Å². The topological polar surface area (TPSA) is 70.3 Å². The second kappa shape index (κ2) is 9.84. The Kier molecular flexibility index (Phi) is 5.93. The van der Waals surface area contributed by atoms with Gasteiger partial charge in [0, 0.05) is 22.9 Å². The van der Waals surface area contributed by atoms with Crippen LogP contribution < -0.4 is 15.2 Å². The third-order valence-corrected chi connectivity index (χ3v) is 5.91. The Morgan fingerprint density at radius 1 is 0.432 bits per heavy atom. The van der Waals surface area contributed by atoms with Crippen LogP contribution in [0, 0.1) is 0 Å². The largest absolute Gasteiger partial charge is 0.457 e. The first-order valence-corrected chi connectivity index (χ1v) is 12.0. The van der Waals surface area contributed by atoms with Crippen LogP contribution in [0.2, 0.25) is 0 Å². The highest BCUT2D eigenvalue weighted by molar-refractivity contribution is 5.87. The summed E-state index contributed by atoms with van der Waals surface area (Å²) < 4.78 is 12.0. The molecule has 0 amide bonds. The van der Waals surface area contributed by atoms with Crippen LogP contribution in [-0.4, -0.2) is 9.97 Å². The zero-order valence-corrected chi connectivity index (χ0v) is 19.9. The van der Waals surface area contributed by atoms with Crippen molar-refractivity contribution in [3.8, 4) is 45.5 Å². The van der Waals surface area contributed by atoms with E-state index in [4.69, 9.17) is 25.2 Å². The normalized spacial score (nSPS) is 10.8. The average Bonchev–Trinajstić information content (AvgIpc) is 2.95. The molecule has 5 heteroatoms. The van der Waals surface area contributed by atoms with Gasteiger partial charge in [0.2, 0.25) is 0 Å². The van der Waals surface area contributed by atoms with Crippen LogP contribution in [0.15, 0.2) is 127 Å². The first-order valence-electron chi connectivity index (χ1n) is 12.0. The summed E-state index contributed by atoms with van der Waals surface area (Å²) in [5, 5.41) is 0. The van der Waals surface area contributed by atoms with E-state index in [-0.39, 0.29) is 0 Å². The molecule has 0 spiro atoms. The summed E-state index contributed by atoms with van der Waals surface area (Å²) in [4.78, 5) is 10.1. The van der Waals surface area contributed by atoms with E-state index < -0.39 is 0 Å². The molecule has 0 aliphatic heterocycles. The number of aromatic nitrogens is 2. The maximum absolute atomic E-state index is 6.03. The van der Waals surface area contributed by atoms with E-state index in [0.29, 0.717) is 17.2 Å². The number of hydrogen-bond acceptors (Lipinski definition) is 5. The molecule has 0 fully saturated rings. The van der Waals surface area contributed by atoms with Crippen molar-refractivity contribution in [2.75, 3.05) is 5.73 Å². The second-order valence-corrected chi connectivity index (χ2v) is 8.55. The van der Waals surface area contributed by atoms with E-state index in [1.165, 1.54) is 0 Å². The Balaban J connectivity index is 1.38. The number of hydrogen-bond donors (Lipinski definition) is 1. The van der Waals surface area contributed by atoms with E-state index >= 15 is 0 Å². The predicted octanol–water partition coefficient (Wildman–Crippen LogP) is 8.13. The van der Waals surface area contributed by atoms with Gasteiger partial charge in [-0.1, -0.05) is 48.5 Å². The smallest absolute Gasteiger partial charge is 0.129 e. The van der Waals surface area contributed by atoms with E-state index in [9.17, 15) is 0 Å². The van der Waals surface area contributed by atoms with Gasteiger partial charge in [-0.2, -0.15) is 0 Å². The number of fused-ring (bicyclic) bond motifs is 1. The zero-order valence-electron chi connectivity index (χ0n) is 19.9. The molecule has 0 saturated heterocycles. The van der Waals surface area contributed by atoms with E-state index in [1.54, 1.807) is 0 Å². The summed E-state index contributed by atoms with van der Waals surface area (Å²) in [6, 6.07) is 40.8. The second-order valence-electron chi connectivity index (χ2n) is 8.55. The first-order chi connectivity index (χ1) is 18.2. The number of nitrogens with zero attached hydrogens (tertiary/aromatic N) is 2. The van der Waals surface area contributed by atoms with Crippen LogP contribution in [0.3, 0.4) is 0 Å². The monoisotopic (exact) mass is 481 g/mol. The van der Waals surface area contributed by atoms with Crippen LogP contribution in [0.1, 0.15) is 0 Å². The molecule has 6 aromatic rings. The summed E-state index contributed by atoms with van der Waals surface area (Å²) in [6.07, 6.45) is 0. The Morgan fingerprint density at radius 2 is 0.919 bits per heavy atom. The van der Waals surface area contributed by atoms with E-state index in [2.05, 4.69) is 0 Å². The number of rotatable bonds is 6. The predicted molar refractivity (Wildman–Crippen MR) is 148 cm³/mol. The maximum atomic E-state index is 6.03. The van der Waals surface area contributed by atoms with Gasteiger partial charge in [-0.25, -0.2) is 9.97 Å². The Bertz CT molecular complexity index is 1650. The lowest BCUT2D eigenvalue weighted by molar-refractivity contribution is 0.482. The fourth-order valence-corrected chi connectivity index (χ4v) is 4.07. The standard InChI is InChI=1S/C32H23N3O2/c33-24-13-17-27(18-14-24)37-28-19-20-29-30(21-28)35-31(22-7-3-1-4-8-22)32(34-29)23-11-15-26(16-12-23)36-25-9-5-2-6-10-25/h1-21H,33H2. The Labute approximate surface area is 214 Å². The van der Waals surface area contributed by atoms with Crippen molar-refractivity contribution in [3.05, 3.63) is 127 Å². The van der Waals surface area contributed by atoms with Crippen LogP contribution >= 0.6 is 0 Å². The van der Waals surface area contributed by atoms with Crippen molar-refractivity contribution in [1.29, 1.82) is 0 Å². The minimum Gasteiger partial charge on any atom is -0.457 e. The summed E-state index contributed by atoms with van der Waals surface area (Å²) in [5.41, 5.74) is 11.6. The van der Waals surface area contributed by atoms with Gasteiger partial charge in [0.15, 0.2) is 0 Å². The van der Waals surface area contributed by atoms with Gasteiger partial charge in [0.1, 0.15) is 23.0 Å². The average molecular weight is 482 g/mol. The Hall–Kier alpha value is -5.16. The van der Waals surface area contributed by atoms with Gasteiger partial charge < -0.3 is 15.2 Å². The van der Waals surface area contributed by atoms with Crippen molar-refractivity contribution in [2.24, 2.45) is 0 Å². The molecular weight excluding hydrogens is 458 g/mol. The molecule has 178 valence electrons. The lowest BCUT2D eigenvalue weighted by Gasteiger charge is -2.13. The van der Waals surface area contributed by atoms with Gasteiger partial charge in [-0.3, -0.25) is 0 Å². The molecule has 0 radical (unpaired) electrons. The van der Waals surface area contributed by atoms with Crippen molar-refractivity contribution in [3.63, 3.8) is 0 Å². The maximum Gasteiger partial charge on any atom is 0.129 e. The quantitative estimate of drug-likeness (QED) is 0.243. The number of benzene rings is 5. The molecule has 6 rings (SSSR count). The first kappa shape index (κ1) is 22.3. The SMILES string of the molecule is Nc1ccc(Oc2ccc3nc(-c4ccc(Oc5ccccc5)cc4)c(-c4ccccc4)nc3c2)cc1. The highest BCUT2D eigenvalue weighted by Crippen LogP contribution is 2.34. The van der Waals surface area contributed by atoms with Crippen LogP contribution in [0.4, 0.5) is 5.69 Å². The van der Waals surface area contributed by atoms with Crippen molar-refractivity contribution >= 4 is 16.7 Å². The number of nitrogens with two attached hydrogens (primary N) is 1. The summed E-state index contributed by atoms with van der Waals surface area (Å²) in [5.74, 6) is 2.94. The molecule has 0 atom stereocenters. The van der Waals surface area contributed by atoms with Gasteiger partial charge in [-0.05, 0) is 72.8 Å². The lowest BCUT2D eigenvalue weighted by Crippen LogP contribution is -1.96. The molecular formula is C32H23N3O2. The molecule has 2 N–H and O–H groups in total. The molecule has 0 bridgehead atoms. The molecule has 5 aromatic carbocycles. The number of anilines is 1. The molecule has 5 nitrogen and oxygen atoms in total. The summed E-state index contributed by atoms with van der Waals surface area (Å²) >= 11 is 0. The minimum atomic E-state index is 0.681. The van der Waals surface area contributed by atoms with Crippen molar-refractivity contribution in [1.82, 2.24) is 9.97 Å². The molecule has 0 unspecified atom stereocenters. The number of para-hydroxylation sites is 1. The lowest BCUT2D eigenvalue weighted by atomic mass is 10.0. The third kappa shape index (κ3) is 4.97. The highest BCUT2D eigenvalue weighted by Gasteiger charge is 2.14. The van der Waals surface area contributed by atoms with Crippen LogP contribution in [0.5, 0.6) is 23.0 Å². The number of ether oxygens (including phenoxy) is 2. The fourth-order valence-electron chi connectivity index (χ4n) is 4.07. The summed E-state index contributed by atoms with van der Waals surface area (Å²) in [7, 11) is 0. The molecule has 1 heterocycles. The highest BCUT2D eigenvalue weighted by atomic mass is 16.5. The zero-order chi connectivity index (χ0) is 25.0. The molecule has 1 aromatic heterocycles. The molecule has 37 heavy (non-hydrogen) atoms. The molecule has 0 saturated carbocycles. The summed E-state index contributed by atoms with van der Waals surface area (Å²) in [6.45, 7) is 0. The minimum absolute atomic E-state index is 0.681. The number of nitrogen functional groups attached to an aromatic ring is 1. The van der Waals surface area contributed by atoms with Gasteiger partial charge in [-0.15, -0.1) is 0 Å². The molecule has 0 aliphatic carbocycles. The van der Waals surface area contributed by atoms with Gasteiger partial charge >= 0.3 is 0 Å². The fraction of sp³-hybridized carbons (Fsp3) is 0.